The number of nitrogens with zero attached hydrogens (tertiary/aromatic N) is 3. The van der Waals surface area contributed by atoms with Crippen molar-refractivity contribution < 1.29 is 27.8 Å². The van der Waals surface area contributed by atoms with Gasteiger partial charge in [0.05, 0.1) is 23.2 Å². The normalized spacial score (nSPS) is 17.3. The summed E-state index contributed by atoms with van der Waals surface area (Å²) in [5, 5.41) is 13.7. The van der Waals surface area contributed by atoms with Gasteiger partial charge in [0.25, 0.3) is 0 Å². The molecular formula is C28H33F3N4O3. The van der Waals surface area contributed by atoms with Crippen LogP contribution in [0.5, 0.6) is 5.75 Å². The van der Waals surface area contributed by atoms with Crippen LogP contribution in [0.15, 0.2) is 30.3 Å². The maximum Gasteiger partial charge on any atom is 0.303 e. The van der Waals surface area contributed by atoms with Gasteiger partial charge in [-0.05, 0) is 64.8 Å². The summed E-state index contributed by atoms with van der Waals surface area (Å²) in [6.45, 7) is 7.50. The number of fused-ring (bicyclic) bond motifs is 1. The molecule has 7 nitrogen and oxygen atoms in total. The fourth-order valence-electron chi connectivity index (χ4n) is 4.63. The minimum absolute atomic E-state index is 0.00774. The van der Waals surface area contributed by atoms with E-state index >= 15 is 4.39 Å². The highest BCUT2D eigenvalue weighted by Gasteiger charge is 2.49. The average Bonchev–Trinajstić information content (AvgIpc) is 3.14. The van der Waals surface area contributed by atoms with Crippen LogP contribution in [0.4, 0.5) is 19.0 Å². The Bertz CT molecular complexity index is 1370. The molecule has 2 N–H and O–H groups in total. The standard InChI is InChI=1S/C28H33F3N4O3/c1-15-12-22-20(13-23(15)38-14-18-10-11-24(36)35(18)6)26(34-17(3)33-22)32-16(2)19-8-7-9-21(25(19)29)28(30,31)27(4,5)37/h7-9,12-13,16,18,37H,10-11,14H2,1-6H3,(H,32,33,34)/t16-,18+/m1/s1. The average molecular weight is 531 g/mol. The van der Waals surface area contributed by atoms with E-state index in [1.54, 1.807) is 31.9 Å². The van der Waals surface area contributed by atoms with Gasteiger partial charge in [-0.2, -0.15) is 8.78 Å². The first-order valence-electron chi connectivity index (χ1n) is 12.5. The van der Waals surface area contributed by atoms with Crippen LogP contribution in [0.2, 0.25) is 0 Å². The summed E-state index contributed by atoms with van der Waals surface area (Å²) in [6.07, 6.45) is 1.23. The predicted molar refractivity (Wildman–Crippen MR) is 139 cm³/mol. The molecule has 1 fully saturated rings. The lowest BCUT2D eigenvalue weighted by atomic mass is 9.91. The van der Waals surface area contributed by atoms with Gasteiger partial charge in [-0.25, -0.2) is 14.4 Å². The van der Waals surface area contributed by atoms with Crippen LogP contribution in [0.1, 0.15) is 62.2 Å². The molecule has 2 heterocycles. The third-order valence-corrected chi connectivity index (χ3v) is 7.12. The van der Waals surface area contributed by atoms with E-state index in [0.29, 0.717) is 41.3 Å². The molecule has 1 aromatic heterocycles. The number of benzene rings is 2. The summed E-state index contributed by atoms with van der Waals surface area (Å²) in [5.74, 6) is -3.32. The van der Waals surface area contributed by atoms with E-state index < -0.39 is 28.9 Å². The zero-order valence-corrected chi connectivity index (χ0v) is 22.4. The van der Waals surface area contributed by atoms with Gasteiger partial charge in [-0.1, -0.05) is 12.1 Å². The summed E-state index contributed by atoms with van der Waals surface area (Å²) in [5.41, 5.74) is -1.81. The molecule has 10 heteroatoms. The van der Waals surface area contributed by atoms with Crippen molar-refractivity contribution in [2.24, 2.45) is 0 Å². The molecule has 1 aliphatic heterocycles. The Kier molecular flexibility index (Phi) is 7.31. The van der Waals surface area contributed by atoms with Crippen LogP contribution in [-0.2, 0) is 10.7 Å². The number of nitrogens with one attached hydrogen (secondary N) is 1. The van der Waals surface area contributed by atoms with Gasteiger partial charge < -0.3 is 20.1 Å². The lowest BCUT2D eigenvalue weighted by Crippen LogP contribution is -2.41. The molecule has 3 aromatic rings. The van der Waals surface area contributed by atoms with Crippen LogP contribution < -0.4 is 10.1 Å². The van der Waals surface area contributed by atoms with Gasteiger partial charge in [-0.15, -0.1) is 0 Å². The fourth-order valence-corrected chi connectivity index (χ4v) is 4.63. The molecule has 0 bridgehead atoms. The molecule has 4 rings (SSSR count). The smallest absolute Gasteiger partial charge is 0.303 e. The van der Waals surface area contributed by atoms with E-state index in [1.807, 2.05) is 13.0 Å². The number of carbonyl (C=O) groups excluding carboxylic acids is 1. The minimum atomic E-state index is -3.80. The number of amides is 1. The summed E-state index contributed by atoms with van der Waals surface area (Å²) >= 11 is 0. The van der Waals surface area contributed by atoms with E-state index in [9.17, 15) is 18.7 Å². The van der Waals surface area contributed by atoms with Crippen LogP contribution >= 0.6 is 0 Å². The second-order valence-corrected chi connectivity index (χ2v) is 10.5. The van der Waals surface area contributed by atoms with Crippen LogP contribution in [-0.4, -0.2) is 51.2 Å². The predicted octanol–water partition coefficient (Wildman–Crippen LogP) is 5.42. The Morgan fingerprint density at radius 3 is 2.58 bits per heavy atom. The number of hydrogen-bond acceptors (Lipinski definition) is 6. The summed E-state index contributed by atoms with van der Waals surface area (Å²) in [4.78, 5) is 22.5. The quantitative estimate of drug-likeness (QED) is 0.404. The molecular weight excluding hydrogens is 497 g/mol. The second-order valence-electron chi connectivity index (χ2n) is 10.5. The molecule has 2 atom stereocenters. The number of aliphatic hydroxyl groups is 1. The molecule has 1 saturated heterocycles. The third-order valence-electron chi connectivity index (χ3n) is 7.12. The van der Waals surface area contributed by atoms with E-state index in [-0.39, 0.29) is 17.5 Å². The molecule has 204 valence electrons. The van der Waals surface area contributed by atoms with Gasteiger partial charge >= 0.3 is 5.92 Å². The fraction of sp³-hybridized carbons (Fsp3) is 0.464. The molecule has 0 saturated carbocycles. The minimum Gasteiger partial charge on any atom is -0.491 e. The van der Waals surface area contributed by atoms with Gasteiger partial charge in [0.2, 0.25) is 5.91 Å². The van der Waals surface area contributed by atoms with E-state index in [0.717, 1.165) is 31.9 Å². The first kappa shape index (κ1) is 27.6. The van der Waals surface area contributed by atoms with Crippen LogP contribution in [0, 0.1) is 19.7 Å². The highest BCUT2D eigenvalue weighted by Crippen LogP contribution is 2.41. The number of anilines is 1. The Hall–Kier alpha value is -3.40. The van der Waals surface area contributed by atoms with E-state index in [4.69, 9.17) is 4.74 Å². The molecule has 2 aromatic carbocycles. The first-order chi connectivity index (χ1) is 17.7. The number of likely N-dealkylation sites (N-methyl/N-ethyl adjacent to an activating group) is 1. The van der Waals surface area contributed by atoms with Gasteiger partial charge in [0.1, 0.15) is 35.4 Å². The van der Waals surface area contributed by atoms with Crippen LogP contribution in [0.25, 0.3) is 10.9 Å². The highest BCUT2D eigenvalue weighted by molar-refractivity contribution is 5.91. The number of aromatic nitrogens is 2. The van der Waals surface area contributed by atoms with Crippen molar-refractivity contribution >= 4 is 22.6 Å². The SMILES string of the molecule is Cc1nc(N[C@H](C)c2cccc(C(F)(F)C(C)(C)O)c2F)c2cc(OC[C@@H]3CCC(=O)N3C)c(C)cc2n1. The zero-order chi connectivity index (χ0) is 28.0. The number of alkyl halides is 2. The Labute approximate surface area is 220 Å². The highest BCUT2D eigenvalue weighted by atomic mass is 19.3. The summed E-state index contributed by atoms with van der Waals surface area (Å²) < 4.78 is 51.0. The largest absolute Gasteiger partial charge is 0.491 e. The molecule has 0 spiro atoms. The first-order valence-corrected chi connectivity index (χ1v) is 12.5. The number of aryl methyl sites for hydroxylation is 2. The van der Waals surface area contributed by atoms with Gasteiger partial charge in [0, 0.05) is 24.4 Å². The third kappa shape index (κ3) is 5.14. The van der Waals surface area contributed by atoms with E-state index in [1.165, 1.54) is 12.1 Å². The number of likely N-dealkylation sites (tertiary alicyclic amines) is 1. The number of hydrogen-bond donors (Lipinski definition) is 2. The summed E-state index contributed by atoms with van der Waals surface area (Å²) in [6, 6.07) is 6.65. The number of carbonyl (C=O) groups is 1. The van der Waals surface area contributed by atoms with Crippen molar-refractivity contribution in [2.45, 2.75) is 71.1 Å². The van der Waals surface area contributed by atoms with Crippen molar-refractivity contribution in [3.05, 3.63) is 58.7 Å². The number of halogens is 3. The Morgan fingerprint density at radius 2 is 1.95 bits per heavy atom. The molecule has 0 aliphatic carbocycles. The molecule has 0 radical (unpaired) electrons. The summed E-state index contributed by atoms with van der Waals surface area (Å²) in [7, 11) is 1.77. The lowest BCUT2D eigenvalue weighted by molar-refractivity contribution is -0.170. The maximum atomic E-state index is 15.4. The Balaban J connectivity index is 1.66. The monoisotopic (exact) mass is 530 g/mol. The topological polar surface area (TPSA) is 87.6 Å². The van der Waals surface area contributed by atoms with Gasteiger partial charge in [0.15, 0.2) is 0 Å². The van der Waals surface area contributed by atoms with Crippen molar-refractivity contribution in [1.29, 1.82) is 0 Å². The van der Waals surface area contributed by atoms with Crippen molar-refractivity contribution in [1.82, 2.24) is 14.9 Å². The maximum absolute atomic E-state index is 15.4. The zero-order valence-electron chi connectivity index (χ0n) is 22.4. The van der Waals surface area contributed by atoms with E-state index in [2.05, 4.69) is 15.3 Å². The van der Waals surface area contributed by atoms with Gasteiger partial charge in [-0.3, -0.25) is 4.79 Å². The Morgan fingerprint density at radius 1 is 1.24 bits per heavy atom. The number of rotatable bonds is 8. The molecule has 38 heavy (non-hydrogen) atoms. The second kappa shape index (κ2) is 10.1. The molecule has 1 aliphatic rings. The van der Waals surface area contributed by atoms with Crippen molar-refractivity contribution in [2.75, 3.05) is 19.0 Å². The molecule has 0 unspecified atom stereocenters. The van der Waals surface area contributed by atoms with Crippen molar-refractivity contribution in [3.63, 3.8) is 0 Å². The van der Waals surface area contributed by atoms with Crippen LogP contribution in [0.3, 0.4) is 0 Å². The van der Waals surface area contributed by atoms with Crippen molar-refractivity contribution in [3.8, 4) is 5.75 Å². The lowest BCUT2D eigenvalue weighted by Gasteiger charge is -2.30. The molecule has 1 amide bonds. The number of ether oxygens (including phenoxy) is 1.